The van der Waals surface area contributed by atoms with Crippen molar-refractivity contribution in [2.24, 2.45) is 0 Å². The lowest BCUT2D eigenvalue weighted by Crippen LogP contribution is -2.29. The van der Waals surface area contributed by atoms with E-state index in [4.69, 9.17) is 17.0 Å². The average Bonchev–Trinajstić information content (AvgIpc) is 2.64. The fraction of sp³-hybridized carbons (Fsp3) is 0.538. The smallest absolute Gasteiger partial charge is 0.341 e. The van der Waals surface area contributed by atoms with E-state index in [0.717, 1.165) is 34.8 Å². The van der Waals surface area contributed by atoms with Crippen molar-refractivity contribution in [3.63, 3.8) is 0 Å². The molecule has 0 fully saturated rings. The Morgan fingerprint density at radius 1 is 1.42 bits per heavy atom. The third-order valence-corrected chi connectivity index (χ3v) is 4.19. The van der Waals surface area contributed by atoms with Gasteiger partial charge in [0.15, 0.2) is 5.11 Å². The van der Waals surface area contributed by atoms with Crippen molar-refractivity contribution in [1.82, 2.24) is 5.32 Å². The minimum absolute atomic E-state index is 0.333. The van der Waals surface area contributed by atoms with E-state index in [2.05, 4.69) is 17.6 Å². The molecule has 0 saturated carbocycles. The number of carbonyl (C=O) groups is 1. The molecule has 0 aromatic carbocycles. The zero-order valence-corrected chi connectivity index (χ0v) is 13.4. The van der Waals surface area contributed by atoms with Crippen LogP contribution in [0.4, 0.5) is 5.00 Å². The van der Waals surface area contributed by atoms with Crippen LogP contribution in [0.1, 0.15) is 40.6 Å². The number of thiophene rings is 1. The summed E-state index contributed by atoms with van der Waals surface area (Å²) in [5, 5.41) is 7.49. The van der Waals surface area contributed by atoms with Crippen LogP contribution in [0.3, 0.4) is 0 Å². The standard InChI is InChI=1S/C13H20N2O2S2/c1-5-6-7-14-13(18)15-11-10(12(16)17-4)8(2)9(3)19-11/h5-7H2,1-4H3,(H2,14,15,18). The van der Waals surface area contributed by atoms with Gasteiger partial charge in [-0.1, -0.05) is 13.3 Å². The van der Waals surface area contributed by atoms with E-state index in [1.54, 1.807) is 0 Å². The first-order valence-electron chi connectivity index (χ1n) is 6.24. The average molecular weight is 300 g/mol. The van der Waals surface area contributed by atoms with Crippen LogP contribution in [-0.2, 0) is 4.74 Å². The fourth-order valence-electron chi connectivity index (χ4n) is 1.59. The molecule has 1 rings (SSSR count). The highest BCUT2D eigenvalue weighted by atomic mass is 32.1. The molecule has 0 unspecified atom stereocenters. The molecule has 2 N–H and O–H groups in total. The number of hydrogen-bond acceptors (Lipinski definition) is 4. The number of unbranched alkanes of at least 4 members (excludes halogenated alkanes) is 1. The number of methoxy groups -OCH3 is 1. The van der Waals surface area contributed by atoms with Gasteiger partial charge in [0.1, 0.15) is 5.00 Å². The van der Waals surface area contributed by atoms with Gasteiger partial charge < -0.3 is 15.4 Å². The van der Waals surface area contributed by atoms with Gasteiger partial charge in [0, 0.05) is 11.4 Å². The first kappa shape index (κ1) is 15.9. The van der Waals surface area contributed by atoms with Crippen LogP contribution < -0.4 is 10.6 Å². The molecule has 0 amide bonds. The van der Waals surface area contributed by atoms with Crippen LogP contribution >= 0.6 is 23.6 Å². The van der Waals surface area contributed by atoms with Crippen LogP contribution in [-0.4, -0.2) is 24.7 Å². The molecule has 0 aliphatic rings. The second-order valence-electron chi connectivity index (χ2n) is 4.21. The number of esters is 1. The normalized spacial score (nSPS) is 10.1. The minimum Gasteiger partial charge on any atom is -0.465 e. The van der Waals surface area contributed by atoms with Crippen molar-refractivity contribution in [1.29, 1.82) is 0 Å². The van der Waals surface area contributed by atoms with Crippen LogP contribution in [0.15, 0.2) is 0 Å². The number of hydrogen-bond donors (Lipinski definition) is 2. The maximum atomic E-state index is 11.8. The van der Waals surface area contributed by atoms with E-state index in [1.165, 1.54) is 18.4 Å². The second kappa shape index (κ2) is 7.45. The van der Waals surface area contributed by atoms with Crippen LogP contribution in [0.25, 0.3) is 0 Å². The molecule has 6 heteroatoms. The monoisotopic (exact) mass is 300 g/mol. The molecule has 4 nitrogen and oxygen atoms in total. The summed E-state index contributed by atoms with van der Waals surface area (Å²) >= 11 is 6.73. The molecular weight excluding hydrogens is 280 g/mol. The number of carbonyl (C=O) groups excluding carboxylic acids is 1. The van der Waals surface area contributed by atoms with Gasteiger partial charge in [0.05, 0.1) is 12.7 Å². The van der Waals surface area contributed by atoms with E-state index in [-0.39, 0.29) is 5.97 Å². The Labute approximate surface area is 123 Å². The Balaban J connectivity index is 2.80. The maximum Gasteiger partial charge on any atom is 0.341 e. The Morgan fingerprint density at radius 2 is 2.11 bits per heavy atom. The largest absolute Gasteiger partial charge is 0.465 e. The lowest BCUT2D eigenvalue weighted by molar-refractivity contribution is 0.0601. The third kappa shape index (κ3) is 4.18. The summed E-state index contributed by atoms with van der Waals surface area (Å²) in [6.45, 7) is 6.85. The third-order valence-electron chi connectivity index (χ3n) is 2.82. The highest BCUT2D eigenvalue weighted by Gasteiger charge is 2.20. The molecular formula is C13H20N2O2S2. The minimum atomic E-state index is -0.333. The maximum absolute atomic E-state index is 11.8. The zero-order valence-electron chi connectivity index (χ0n) is 11.8. The van der Waals surface area contributed by atoms with Gasteiger partial charge in [-0.05, 0) is 38.0 Å². The molecule has 0 aliphatic carbocycles. The molecule has 0 spiro atoms. The summed E-state index contributed by atoms with van der Waals surface area (Å²) in [4.78, 5) is 12.9. The molecule has 0 saturated heterocycles. The van der Waals surface area contributed by atoms with Crippen molar-refractivity contribution in [2.75, 3.05) is 19.0 Å². The molecule has 0 bridgehead atoms. The number of anilines is 1. The van der Waals surface area contributed by atoms with E-state index in [1.807, 2.05) is 13.8 Å². The summed E-state index contributed by atoms with van der Waals surface area (Å²) in [7, 11) is 1.39. The van der Waals surface area contributed by atoms with Crippen molar-refractivity contribution >= 4 is 39.6 Å². The van der Waals surface area contributed by atoms with Gasteiger partial charge in [0.2, 0.25) is 0 Å². The number of ether oxygens (including phenoxy) is 1. The van der Waals surface area contributed by atoms with Gasteiger partial charge in [-0.15, -0.1) is 11.3 Å². The predicted molar refractivity (Wildman–Crippen MR) is 84.3 cm³/mol. The lowest BCUT2D eigenvalue weighted by Gasteiger charge is -2.10. The van der Waals surface area contributed by atoms with Gasteiger partial charge in [-0.3, -0.25) is 0 Å². The van der Waals surface area contributed by atoms with Crippen LogP contribution in [0, 0.1) is 13.8 Å². The number of thiocarbonyl (C=S) groups is 1. The van der Waals surface area contributed by atoms with Crippen molar-refractivity contribution in [2.45, 2.75) is 33.6 Å². The fourth-order valence-corrected chi connectivity index (χ4v) is 2.91. The molecule has 0 radical (unpaired) electrons. The van der Waals surface area contributed by atoms with Gasteiger partial charge >= 0.3 is 5.97 Å². The summed E-state index contributed by atoms with van der Waals surface area (Å²) in [6, 6.07) is 0. The predicted octanol–water partition coefficient (Wildman–Crippen LogP) is 3.24. The number of aryl methyl sites for hydroxylation is 1. The van der Waals surface area contributed by atoms with E-state index in [9.17, 15) is 4.79 Å². The summed E-state index contributed by atoms with van der Waals surface area (Å²) in [5.74, 6) is -0.333. The van der Waals surface area contributed by atoms with E-state index >= 15 is 0 Å². The summed E-state index contributed by atoms with van der Waals surface area (Å²) in [6.07, 6.45) is 2.18. The molecule has 19 heavy (non-hydrogen) atoms. The van der Waals surface area contributed by atoms with Gasteiger partial charge in [-0.2, -0.15) is 0 Å². The molecule has 0 atom stereocenters. The molecule has 1 aromatic heterocycles. The quantitative estimate of drug-likeness (QED) is 0.497. The number of nitrogens with one attached hydrogen (secondary N) is 2. The first-order chi connectivity index (χ1) is 9.01. The SMILES string of the molecule is CCCCNC(=S)Nc1sc(C)c(C)c1C(=O)OC. The highest BCUT2D eigenvalue weighted by molar-refractivity contribution is 7.80. The van der Waals surface area contributed by atoms with E-state index < -0.39 is 0 Å². The molecule has 106 valence electrons. The van der Waals surface area contributed by atoms with Gasteiger partial charge in [-0.25, -0.2) is 4.79 Å². The van der Waals surface area contributed by atoms with Crippen LogP contribution in [0.5, 0.6) is 0 Å². The molecule has 1 aromatic rings. The molecule has 1 heterocycles. The van der Waals surface area contributed by atoms with Crippen molar-refractivity contribution in [3.8, 4) is 0 Å². The Kier molecular flexibility index (Phi) is 6.24. The Hall–Kier alpha value is -1.14. The molecule has 0 aliphatic heterocycles. The van der Waals surface area contributed by atoms with Crippen molar-refractivity contribution < 1.29 is 9.53 Å². The Morgan fingerprint density at radius 3 is 2.68 bits per heavy atom. The Bertz CT molecular complexity index is 469. The summed E-state index contributed by atoms with van der Waals surface area (Å²) < 4.78 is 4.82. The highest BCUT2D eigenvalue weighted by Crippen LogP contribution is 2.32. The van der Waals surface area contributed by atoms with Gasteiger partial charge in [0.25, 0.3) is 0 Å². The number of rotatable bonds is 5. The zero-order chi connectivity index (χ0) is 14.4. The van der Waals surface area contributed by atoms with Crippen molar-refractivity contribution in [3.05, 3.63) is 16.0 Å². The lowest BCUT2D eigenvalue weighted by atomic mass is 10.1. The van der Waals surface area contributed by atoms with Crippen LogP contribution in [0.2, 0.25) is 0 Å². The second-order valence-corrected chi connectivity index (χ2v) is 5.85. The summed E-state index contributed by atoms with van der Waals surface area (Å²) in [5.41, 5.74) is 1.51. The first-order valence-corrected chi connectivity index (χ1v) is 7.46. The van der Waals surface area contributed by atoms with E-state index in [0.29, 0.717) is 10.7 Å². The topological polar surface area (TPSA) is 50.4 Å².